The van der Waals surface area contributed by atoms with Gasteiger partial charge in [-0.1, -0.05) is 55.5 Å². The third kappa shape index (κ3) is 3.81. The van der Waals surface area contributed by atoms with Crippen LogP contribution >= 0.6 is 11.3 Å². The normalized spacial score (nSPS) is 12.2. The molecule has 136 valence electrons. The van der Waals surface area contributed by atoms with Crippen LogP contribution < -0.4 is 5.32 Å². The van der Waals surface area contributed by atoms with E-state index in [0.717, 1.165) is 33.3 Å². The molecule has 0 radical (unpaired) electrons. The molecule has 0 saturated heterocycles. The lowest BCUT2D eigenvalue weighted by molar-refractivity contribution is -0.120. The highest BCUT2D eigenvalue weighted by atomic mass is 32.1. The van der Waals surface area contributed by atoms with Crippen molar-refractivity contribution < 1.29 is 4.79 Å². The number of aromatic amines is 1. The van der Waals surface area contributed by atoms with Gasteiger partial charge in [0, 0.05) is 22.0 Å². The maximum Gasteiger partial charge on any atom is 0.225 e. The molecule has 1 amide bonds. The van der Waals surface area contributed by atoms with Gasteiger partial charge in [-0.15, -0.1) is 11.3 Å². The Morgan fingerprint density at radius 3 is 2.63 bits per heavy atom. The Morgan fingerprint density at radius 1 is 1.07 bits per heavy atom. The fourth-order valence-electron chi connectivity index (χ4n) is 3.38. The van der Waals surface area contributed by atoms with Gasteiger partial charge in [0.1, 0.15) is 0 Å². The highest BCUT2D eigenvalue weighted by Crippen LogP contribution is 2.27. The Morgan fingerprint density at radius 2 is 1.89 bits per heavy atom. The molecule has 0 aliphatic carbocycles. The number of aryl methyl sites for hydroxylation is 1. The van der Waals surface area contributed by atoms with Crippen LogP contribution in [0.4, 0.5) is 0 Å². The fraction of sp³-hybridized carbons (Fsp3) is 0.174. The summed E-state index contributed by atoms with van der Waals surface area (Å²) in [5.41, 5.74) is 4.50. The van der Waals surface area contributed by atoms with Crippen LogP contribution in [0.15, 0.2) is 72.2 Å². The highest BCUT2D eigenvalue weighted by Gasteiger charge is 2.19. The number of H-pyrrole nitrogens is 1. The molecule has 3 nitrogen and oxygen atoms in total. The topological polar surface area (TPSA) is 44.9 Å². The van der Waals surface area contributed by atoms with E-state index in [9.17, 15) is 4.79 Å². The summed E-state index contributed by atoms with van der Waals surface area (Å²) in [5, 5.41) is 6.39. The summed E-state index contributed by atoms with van der Waals surface area (Å²) >= 11 is 1.67. The summed E-state index contributed by atoms with van der Waals surface area (Å²) in [6.07, 6.45) is 3.30. The number of para-hydroxylation sites is 1. The van der Waals surface area contributed by atoms with E-state index in [1.165, 1.54) is 5.56 Å². The quantitative estimate of drug-likeness (QED) is 0.476. The van der Waals surface area contributed by atoms with E-state index in [2.05, 4.69) is 59.0 Å². The number of hydrogen-bond donors (Lipinski definition) is 2. The molecule has 0 bridgehead atoms. The number of rotatable bonds is 6. The van der Waals surface area contributed by atoms with Crippen LogP contribution in [-0.2, 0) is 17.6 Å². The lowest BCUT2D eigenvalue weighted by Gasteiger charge is -2.18. The van der Waals surface area contributed by atoms with Gasteiger partial charge >= 0.3 is 0 Å². The van der Waals surface area contributed by atoms with Gasteiger partial charge in [-0.05, 0) is 40.6 Å². The van der Waals surface area contributed by atoms with Gasteiger partial charge in [-0.25, -0.2) is 0 Å². The molecule has 0 aliphatic heterocycles. The standard InChI is InChI=1S/C23H22N2OS/c1-2-16-9-11-17(12-10-16)23(21-8-5-13-27-21)25-22(26)14-18-15-24-20-7-4-3-6-19(18)20/h3-13,15,23-24H,2,14H2,1H3,(H,25,26)/t23-/m0/s1. The average molecular weight is 375 g/mol. The number of amides is 1. The molecular weight excluding hydrogens is 352 g/mol. The summed E-state index contributed by atoms with van der Waals surface area (Å²) in [6, 6.07) is 20.6. The summed E-state index contributed by atoms with van der Waals surface area (Å²) in [7, 11) is 0. The van der Waals surface area contributed by atoms with Gasteiger partial charge in [0.2, 0.25) is 5.91 Å². The van der Waals surface area contributed by atoms with Gasteiger partial charge < -0.3 is 10.3 Å². The number of carbonyl (C=O) groups is 1. The number of carbonyl (C=O) groups excluding carboxylic acids is 1. The molecule has 0 unspecified atom stereocenters. The van der Waals surface area contributed by atoms with Crippen LogP contribution in [0, 0.1) is 0 Å². The third-order valence-electron chi connectivity index (χ3n) is 4.88. The molecule has 27 heavy (non-hydrogen) atoms. The van der Waals surface area contributed by atoms with Gasteiger partial charge in [-0.3, -0.25) is 4.79 Å². The zero-order valence-corrected chi connectivity index (χ0v) is 16.1. The lowest BCUT2D eigenvalue weighted by atomic mass is 10.0. The molecule has 0 aliphatic rings. The van der Waals surface area contributed by atoms with Crippen molar-refractivity contribution in [2.75, 3.05) is 0 Å². The van der Waals surface area contributed by atoms with Crippen LogP contribution in [0.3, 0.4) is 0 Å². The first kappa shape index (κ1) is 17.6. The maximum atomic E-state index is 12.8. The molecule has 4 heteroatoms. The minimum atomic E-state index is -0.117. The molecule has 2 aromatic carbocycles. The Bertz CT molecular complexity index is 1030. The van der Waals surface area contributed by atoms with Crippen LogP contribution in [0.25, 0.3) is 10.9 Å². The van der Waals surface area contributed by atoms with Crippen molar-refractivity contribution in [1.29, 1.82) is 0 Å². The first-order valence-corrected chi connectivity index (χ1v) is 10.1. The second kappa shape index (κ2) is 7.80. The van der Waals surface area contributed by atoms with E-state index in [-0.39, 0.29) is 11.9 Å². The molecule has 0 saturated carbocycles. The van der Waals surface area contributed by atoms with Crippen molar-refractivity contribution in [2.45, 2.75) is 25.8 Å². The van der Waals surface area contributed by atoms with Crippen LogP contribution in [0.2, 0.25) is 0 Å². The Balaban J connectivity index is 1.56. The summed E-state index contributed by atoms with van der Waals surface area (Å²) in [6.45, 7) is 2.15. The van der Waals surface area contributed by atoms with Crippen LogP contribution in [0.1, 0.15) is 34.5 Å². The van der Waals surface area contributed by atoms with Gasteiger partial charge in [-0.2, -0.15) is 0 Å². The summed E-state index contributed by atoms with van der Waals surface area (Å²) in [5.74, 6) is 0.0257. The molecule has 0 spiro atoms. The largest absolute Gasteiger partial charge is 0.361 e. The molecule has 2 N–H and O–H groups in total. The third-order valence-corrected chi connectivity index (χ3v) is 5.82. The van der Waals surface area contributed by atoms with Crippen molar-refractivity contribution in [2.24, 2.45) is 0 Å². The molecular formula is C23H22N2OS. The molecule has 2 aromatic heterocycles. The minimum absolute atomic E-state index is 0.0257. The second-order valence-electron chi connectivity index (χ2n) is 6.65. The molecule has 4 rings (SSSR count). The Hall–Kier alpha value is -2.85. The number of fused-ring (bicyclic) bond motifs is 1. The zero-order chi connectivity index (χ0) is 18.6. The minimum Gasteiger partial charge on any atom is -0.361 e. The molecule has 0 fully saturated rings. The average Bonchev–Trinajstić information content (AvgIpc) is 3.37. The molecule has 2 heterocycles. The number of aromatic nitrogens is 1. The smallest absolute Gasteiger partial charge is 0.225 e. The first-order valence-electron chi connectivity index (χ1n) is 9.21. The summed E-state index contributed by atoms with van der Waals surface area (Å²) < 4.78 is 0. The van der Waals surface area contributed by atoms with E-state index in [1.807, 2.05) is 30.5 Å². The van der Waals surface area contributed by atoms with Crippen LogP contribution in [-0.4, -0.2) is 10.9 Å². The number of benzene rings is 2. The van der Waals surface area contributed by atoms with Crippen molar-refractivity contribution >= 4 is 28.1 Å². The first-order chi connectivity index (χ1) is 13.2. The number of hydrogen-bond acceptors (Lipinski definition) is 2. The van der Waals surface area contributed by atoms with E-state index in [0.29, 0.717) is 6.42 Å². The predicted octanol–water partition coefficient (Wildman–Crippen LogP) is 5.24. The van der Waals surface area contributed by atoms with Crippen molar-refractivity contribution in [3.8, 4) is 0 Å². The number of nitrogens with one attached hydrogen (secondary N) is 2. The SMILES string of the molecule is CCc1ccc([C@H](NC(=O)Cc2c[nH]c3ccccc23)c2cccs2)cc1. The monoisotopic (exact) mass is 374 g/mol. The second-order valence-corrected chi connectivity index (χ2v) is 7.63. The van der Waals surface area contributed by atoms with E-state index >= 15 is 0 Å². The van der Waals surface area contributed by atoms with Gasteiger partial charge in [0.05, 0.1) is 12.5 Å². The van der Waals surface area contributed by atoms with E-state index in [4.69, 9.17) is 0 Å². The van der Waals surface area contributed by atoms with Crippen molar-refractivity contribution in [3.05, 3.63) is 93.8 Å². The number of thiophene rings is 1. The Kier molecular flexibility index (Phi) is 5.07. The van der Waals surface area contributed by atoms with Crippen molar-refractivity contribution in [3.63, 3.8) is 0 Å². The fourth-order valence-corrected chi connectivity index (χ4v) is 4.19. The Labute approximate surface area is 163 Å². The summed E-state index contributed by atoms with van der Waals surface area (Å²) in [4.78, 5) is 17.2. The lowest BCUT2D eigenvalue weighted by Crippen LogP contribution is -2.30. The van der Waals surface area contributed by atoms with E-state index in [1.54, 1.807) is 11.3 Å². The molecule has 1 atom stereocenters. The van der Waals surface area contributed by atoms with Gasteiger partial charge in [0.25, 0.3) is 0 Å². The van der Waals surface area contributed by atoms with Crippen molar-refractivity contribution in [1.82, 2.24) is 10.3 Å². The molecule has 4 aromatic rings. The predicted molar refractivity (Wildman–Crippen MR) is 112 cm³/mol. The zero-order valence-electron chi connectivity index (χ0n) is 15.2. The highest BCUT2D eigenvalue weighted by molar-refractivity contribution is 7.10. The van der Waals surface area contributed by atoms with E-state index < -0.39 is 0 Å². The van der Waals surface area contributed by atoms with Gasteiger partial charge in [0.15, 0.2) is 0 Å². The maximum absolute atomic E-state index is 12.8. The van der Waals surface area contributed by atoms with Crippen LogP contribution in [0.5, 0.6) is 0 Å².